The minimum atomic E-state index is -4.33. The first-order valence-corrected chi connectivity index (χ1v) is 20.9. The maximum absolute atomic E-state index is 13.8. The van der Waals surface area contributed by atoms with Gasteiger partial charge in [0, 0.05) is 24.6 Å². The van der Waals surface area contributed by atoms with E-state index in [0.717, 1.165) is 0 Å². The van der Waals surface area contributed by atoms with Gasteiger partial charge >= 0.3 is 6.18 Å². The first kappa shape index (κ1) is 37.1. The SMILES string of the molecule is CC1(C)CC(CO[Si](C)(C)C(C)(C)C)CN1c1nc(C2(OCCC3(C(F)(F)F)CC3)C=CN=N2)ccc1C(=O)NS(=O)(=O)c1ccccc1. The van der Waals surface area contributed by atoms with Crippen molar-refractivity contribution < 1.29 is 35.5 Å². The van der Waals surface area contributed by atoms with Gasteiger partial charge in [-0.05, 0) is 88.0 Å². The second-order valence-corrected chi connectivity index (χ2v) is 22.0. The quantitative estimate of drug-likeness (QED) is 0.223. The van der Waals surface area contributed by atoms with Crippen LogP contribution in [0.15, 0.2) is 69.9 Å². The van der Waals surface area contributed by atoms with Gasteiger partial charge in [0.25, 0.3) is 15.9 Å². The van der Waals surface area contributed by atoms with Gasteiger partial charge in [0.2, 0.25) is 5.72 Å². The molecule has 1 amide bonds. The molecule has 0 bridgehead atoms. The number of pyridine rings is 1. The van der Waals surface area contributed by atoms with Gasteiger partial charge in [-0.1, -0.05) is 39.0 Å². The summed E-state index contributed by atoms with van der Waals surface area (Å²) in [5.74, 6) is -0.605. The Morgan fingerprint density at radius 3 is 2.33 bits per heavy atom. The number of hydrogen-bond donors (Lipinski definition) is 1. The van der Waals surface area contributed by atoms with E-state index in [2.05, 4.69) is 48.8 Å². The topological polar surface area (TPSA) is 123 Å². The monoisotopic (exact) mass is 721 g/mol. The fourth-order valence-electron chi connectivity index (χ4n) is 6.08. The molecule has 10 nitrogen and oxygen atoms in total. The number of anilines is 1. The molecule has 1 aromatic carbocycles. The molecule has 0 spiro atoms. The van der Waals surface area contributed by atoms with Crippen LogP contribution in [0, 0.1) is 11.3 Å². The number of aromatic nitrogens is 1. The van der Waals surface area contributed by atoms with Gasteiger partial charge in [0.1, 0.15) is 11.5 Å². The summed E-state index contributed by atoms with van der Waals surface area (Å²) in [5.41, 5.74) is -3.70. The molecule has 2 aromatic rings. The fourth-order valence-corrected chi connectivity index (χ4v) is 8.16. The zero-order valence-corrected chi connectivity index (χ0v) is 30.9. The minimum Gasteiger partial charge on any atom is -0.416 e. The molecule has 0 radical (unpaired) electrons. The van der Waals surface area contributed by atoms with Gasteiger partial charge in [-0.2, -0.15) is 18.3 Å². The summed E-state index contributed by atoms with van der Waals surface area (Å²) in [5, 5.41) is 8.19. The van der Waals surface area contributed by atoms with Gasteiger partial charge < -0.3 is 14.1 Å². The van der Waals surface area contributed by atoms with E-state index < -0.39 is 47.1 Å². The number of benzene rings is 1. The highest BCUT2D eigenvalue weighted by Crippen LogP contribution is 2.60. The zero-order valence-electron chi connectivity index (χ0n) is 29.1. The number of nitrogens with one attached hydrogen (secondary N) is 1. The first-order valence-electron chi connectivity index (χ1n) is 16.5. The summed E-state index contributed by atoms with van der Waals surface area (Å²) in [6.07, 6.45) is -0.864. The van der Waals surface area contributed by atoms with E-state index in [1.165, 1.54) is 36.5 Å². The highest BCUT2D eigenvalue weighted by Gasteiger charge is 2.62. The van der Waals surface area contributed by atoms with Crippen molar-refractivity contribution in [1.29, 1.82) is 0 Å². The van der Waals surface area contributed by atoms with Crippen LogP contribution in [-0.2, 0) is 24.9 Å². The molecule has 1 saturated carbocycles. The summed E-state index contributed by atoms with van der Waals surface area (Å²) >= 11 is 0. The molecule has 2 unspecified atom stereocenters. The normalized spacial score (nSPS) is 23.2. The number of nitrogens with zero attached hydrogens (tertiary/aromatic N) is 4. The Morgan fingerprint density at radius 2 is 1.76 bits per heavy atom. The van der Waals surface area contributed by atoms with E-state index in [-0.39, 0.29) is 58.8 Å². The lowest BCUT2D eigenvalue weighted by Crippen LogP contribution is -2.42. The molecule has 5 rings (SSSR count). The Labute approximate surface area is 287 Å². The molecule has 3 heterocycles. The van der Waals surface area contributed by atoms with Crippen LogP contribution in [0.3, 0.4) is 0 Å². The van der Waals surface area contributed by atoms with Crippen molar-refractivity contribution in [3.8, 4) is 0 Å². The molecule has 1 aromatic heterocycles. The molecule has 15 heteroatoms. The highest BCUT2D eigenvalue weighted by atomic mass is 32.2. The van der Waals surface area contributed by atoms with Crippen LogP contribution in [0.4, 0.5) is 19.0 Å². The van der Waals surface area contributed by atoms with E-state index in [4.69, 9.17) is 14.1 Å². The second-order valence-electron chi connectivity index (χ2n) is 15.5. The summed E-state index contributed by atoms with van der Waals surface area (Å²) in [6.45, 7) is 15.7. The van der Waals surface area contributed by atoms with Crippen molar-refractivity contribution in [3.63, 3.8) is 0 Å². The predicted molar refractivity (Wildman–Crippen MR) is 182 cm³/mol. The Morgan fingerprint density at radius 1 is 1.08 bits per heavy atom. The Balaban J connectivity index is 1.49. The number of alkyl halides is 3. The summed E-state index contributed by atoms with van der Waals surface area (Å²) in [6, 6.07) is 10.5. The number of ether oxygens (including phenoxy) is 1. The van der Waals surface area contributed by atoms with Crippen LogP contribution in [0.2, 0.25) is 18.1 Å². The van der Waals surface area contributed by atoms with Crippen LogP contribution in [0.25, 0.3) is 0 Å². The van der Waals surface area contributed by atoms with Crippen LogP contribution < -0.4 is 9.62 Å². The van der Waals surface area contributed by atoms with Gasteiger partial charge in [-0.25, -0.2) is 18.1 Å². The van der Waals surface area contributed by atoms with Crippen molar-refractivity contribution in [3.05, 3.63) is 66.0 Å². The number of carbonyl (C=O) groups excluding carboxylic acids is 1. The average Bonchev–Trinajstić information content (AvgIpc) is 3.55. The van der Waals surface area contributed by atoms with E-state index in [9.17, 15) is 26.4 Å². The molecule has 1 saturated heterocycles. The van der Waals surface area contributed by atoms with Crippen LogP contribution in [-0.4, -0.2) is 59.1 Å². The predicted octanol–water partition coefficient (Wildman–Crippen LogP) is 7.71. The standard InChI is InChI=1S/C34H46F3N5O5SSi/c1-30(2,3)49(6,7)47-23-24-21-31(4,5)42(22-24)28-26(29(43)40-48(44,45)25-11-9-8-10-12-25)13-14-27(39-28)33(17-19-38-41-33)46-20-18-32(15-16-32)34(35,36)37/h8-14,17,19,24H,15-16,18,20-23H2,1-7H3,(H,40,43). The number of halogens is 3. The molecule has 3 aliphatic rings. The average molecular weight is 722 g/mol. The van der Waals surface area contributed by atoms with E-state index in [0.29, 0.717) is 19.6 Å². The molecular weight excluding hydrogens is 676 g/mol. The van der Waals surface area contributed by atoms with Crippen molar-refractivity contribution in [2.24, 2.45) is 21.6 Å². The number of hydrogen-bond acceptors (Lipinski definition) is 9. The lowest BCUT2D eigenvalue weighted by atomic mass is 9.96. The molecule has 2 atom stereocenters. The Hall–Kier alpha value is -3.14. The van der Waals surface area contributed by atoms with E-state index in [1.807, 2.05) is 18.7 Å². The lowest BCUT2D eigenvalue weighted by Gasteiger charge is -2.37. The van der Waals surface area contributed by atoms with Crippen molar-refractivity contribution in [1.82, 2.24) is 9.71 Å². The van der Waals surface area contributed by atoms with Crippen LogP contribution in [0.1, 0.15) is 76.4 Å². The van der Waals surface area contributed by atoms with Crippen molar-refractivity contribution in [2.75, 3.05) is 24.7 Å². The summed E-state index contributed by atoms with van der Waals surface area (Å²) in [7, 11) is -6.28. The molecule has 268 valence electrons. The fraction of sp³-hybridized carbons (Fsp3) is 0.588. The third-order valence-electron chi connectivity index (χ3n) is 10.4. The Bertz CT molecular complexity index is 1710. The van der Waals surface area contributed by atoms with Gasteiger partial charge in [-0.15, -0.1) is 5.11 Å². The van der Waals surface area contributed by atoms with Crippen LogP contribution >= 0.6 is 0 Å². The summed E-state index contributed by atoms with van der Waals surface area (Å²) in [4.78, 5) is 20.6. The second kappa shape index (κ2) is 12.9. The lowest BCUT2D eigenvalue weighted by molar-refractivity contribution is -0.194. The number of amides is 1. The molecule has 1 N–H and O–H groups in total. The minimum absolute atomic E-state index is 0.00497. The van der Waals surface area contributed by atoms with Gasteiger partial charge in [0.05, 0.1) is 28.7 Å². The van der Waals surface area contributed by atoms with Gasteiger partial charge in [0.15, 0.2) is 8.32 Å². The van der Waals surface area contributed by atoms with E-state index in [1.54, 1.807) is 18.2 Å². The number of azo groups is 1. The smallest absolute Gasteiger partial charge is 0.394 e. The highest BCUT2D eigenvalue weighted by molar-refractivity contribution is 7.90. The maximum atomic E-state index is 13.8. The molecule has 2 aliphatic heterocycles. The van der Waals surface area contributed by atoms with Crippen molar-refractivity contribution in [2.45, 2.75) is 101 Å². The largest absolute Gasteiger partial charge is 0.416 e. The Kier molecular flexibility index (Phi) is 9.75. The maximum Gasteiger partial charge on any atom is 0.394 e. The number of rotatable bonds is 12. The van der Waals surface area contributed by atoms with Gasteiger partial charge in [-0.3, -0.25) is 4.79 Å². The van der Waals surface area contributed by atoms with E-state index >= 15 is 0 Å². The summed E-state index contributed by atoms with van der Waals surface area (Å²) < 4.78 is 82.1. The third-order valence-corrected chi connectivity index (χ3v) is 16.2. The number of carbonyl (C=O) groups is 1. The van der Waals surface area contributed by atoms with Crippen LogP contribution in [0.5, 0.6) is 0 Å². The third kappa shape index (κ3) is 7.64. The molecule has 49 heavy (non-hydrogen) atoms. The van der Waals surface area contributed by atoms with Crippen molar-refractivity contribution >= 4 is 30.1 Å². The first-order chi connectivity index (χ1) is 22.6. The number of sulfonamides is 1. The zero-order chi connectivity index (χ0) is 36.1. The molecule has 2 fully saturated rings. The molecular formula is C34H46F3N5O5SSi. The molecule has 1 aliphatic carbocycles.